The Kier molecular flexibility index (Phi) is 5.85. The van der Waals surface area contributed by atoms with Gasteiger partial charge in [0.15, 0.2) is 11.5 Å². The number of hydrogen-bond donors (Lipinski definition) is 0. The summed E-state index contributed by atoms with van der Waals surface area (Å²) < 4.78 is 18.3. The number of para-hydroxylation sites is 1. The summed E-state index contributed by atoms with van der Waals surface area (Å²) in [6.07, 6.45) is 1.99. The van der Waals surface area contributed by atoms with Gasteiger partial charge in [-0.25, -0.2) is 9.78 Å². The van der Waals surface area contributed by atoms with Crippen molar-refractivity contribution in [2.75, 3.05) is 6.79 Å². The third-order valence-electron chi connectivity index (χ3n) is 5.23. The van der Waals surface area contributed by atoms with Crippen LogP contribution in [0.15, 0.2) is 75.0 Å². The van der Waals surface area contributed by atoms with E-state index < -0.39 is 5.97 Å². The van der Waals surface area contributed by atoms with E-state index in [0.29, 0.717) is 45.8 Å². The molecule has 4 aromatic rings. The number of aryl methyl sites for hydroxylation is 1. The Morgan fingerprint density at radius 2 is 1.97 bits per heavy atom. The SMILES string of the molecule is CCc1nc2ccccc2c(=O)n1N=Cc1cc(Br)ccc1OC(=O)c1ccc2c(c1)OCO2. The second-order valence-electron chi connectivity index (χ2n) is 7.40. The van der Waals surface area contributed by atoms with Gasteiger partial charge >= 0.3 is 5.97 Å². The minimum atomic E-state index is -0.561. The Bertz CT molecular complexity index is 1510. The first-order valence-corrected chi connectivity index (χ1v) is 11.3. The van der Waals surface area contributed by atoms with Crippen LogP contribution in [0, 0.1) is 0 Å². The maximum atomic E-state index is 13.0. The Morgan fingerprint density at radius 3 is 2.82 bits per heavy atom. The van der Waals surface area contributed by atoms with Crippen molar-refractivity contribution in [1.29, 1.82) is 0 Å². The number of esters is 1. The number of carbonyl (C=O) groups excluding carboxylic acids is 1. The van der Waals surface area contributed by atoms with Gasteiger partial charge in [0, 0.05) is 16.5 Å². The molecule has 0 amide bonds. The van der Waals surface area contributed by atoms with Crippen molar-refractivity contribution in [2.45, 2.75) is 13.3 Å². The minimum Gasteiger partial charge on any atom is -0.454 e. The number of hydrogen-bond acceptors (Lipinski definition) is 7. The van der Waals surface area contributed by atoms with Gasteiger partial charge in [0.05, 0.1) is 22.7 Å². The molecule has 0 radical (unpaired) electrons. The number of rotatable bonds is 5. The Morgan fingerprint density at radius 1 is 1.15 bits per heavy atom. The van der Waals surface area contributed by atoms with Crippen LogP contribution < -0.4 is 19.8 Å². The van der Waals surface area contributed by atoms with Gasteiger partial charge in [-0.15, -0.1) is 0 Å². The van der Waals surface area contributed by atoms with Crippen molar-refractivity contribution in [1.82, 2.24) is 9.66 Å². The van der Waals surface area contributed by atoms with Gasteiger partial charge in [-0.05, 0) is 48.5 Å². The van der Waals surface area contributed by atoms with E-state index in [0.717, 1.165) is 4.47 Å². The van der Waals surface area contributed by atoms with Crippen molar-refractivity contribution < 1.29 is 19.0 Å². The van der Waals surface area contributed by atoms with Crippen LogP contribution >= 0.6 is 15.9 Å². The van der Waals surface area contributed by atoms with Crippen LogP contribution in [-0.4, -0.2) is 28.6 Å². The van der Waals surface area contributed by atoms with E-state index in [2.05, 4.69) is 26.0 Å². The highest BCUT2D eigenvalue weighted by atomic mass is 79.9. The summed E-state index contributed by atoms with van der Waals surface area (Å²) in [5, 5.41) is 4.87. The van der Waals surface area contributed by atoms with Crippen molar-refractivity contribution in [3.63, 3.8) is 0 Å². The third-order valence-corrected chi connectivity index (χ3v) is 5.73. The maximum absolute atomic E-state index is 13.0. The standard InChI is InChI=1S/C25H18BrN3O5/c1-2-23-28-19-6-4-3-5-18(19)24(30)29(23)27-13-16-11-17(26)8-10-20(16)34-25(31)15-7-9-21-22(12-15)33-14-32-21/h3-13H,2,14H2,1H3. The van der Waals surface area contributed by atoms with Crippen LogP contribution in [0.4, 0.5) is 0 Å². The lowest BCUT2D eigenvalue weighted by Crippen LogP contribution is -2.22. The molecule has 2 heterocycles. The van der Waals surface area contributed by atoms with Crippen LogP contribution in [0.25, 0.3) is 10.9 Å². The molecular formula is C25H18BrN3O5. The maximum Gasteiger partial charge on any atom is 0.343 e. The molecule has 1 aliphatic heterocycles. The summed E-state index contributed by atoms with van der Waals surface area (Å²) in [5.41, 5.74) is 1.17. The summed E-state index contributed by atoms with van der Waals surface area (Å²) >= 11 is 3.43. The molecule has 0 atom stereocenters. The first-order chi connectivity index (χ1) is 16.5. The normalized spacial score (nSPS) is 12.4. The summed E-state index contributed by atoms with van der Waals surface area (Å²) in [5.74, 6) is 1.31. The molecule has 9 heteroatoms. The van der Waals surface area contributed by atoms with Gasteiger partial charge in [0.2, 0.25) is 6.79 Å². The molecule has 0 spiro atoms. The topological polar surface area (TPSA) is 92.0 Å². The largest absolute Gasteiger partial charge is 0.454 e. The van der Waals surface area contributed by atoms with Crippen LogP contribution in [0.5, 0.6) is 17.2 Å². The average molecular weight is 520 g/mol. The van der Waals surface area contributed by atoms with E-state index in [9.17, 15) is 9.59 Å². The summed E-state index contributed by atoms with van der Waals surface area (Å²) in [4.78, 5) is 30.4. The summed E-state index contributed by atoms with van der Waals surface area (Å²) in [7, 11) is 0. The minimum absolute atomic E-state index is 0.115. The summed E-state index contributed by atoms with van der Waals surface area (Å²) in [6, 6.07) is 17.1. The smallest absolute Gasteiger partial charge is 0.343 e. The lowest BCUT2D eigenvalue weighted by molar-refractivity contribution is 0.0734. The highest BCUT2D eigenvalue weighted by molar-refractivity contribution is 9.10. The fourth-order valence-electron chi connectivity index (χ4n) is 3.53. The predicted molar refractivity (Wildman–Crippen MR) is 130 cm³/mol. The van der Waals surface area contributed by atoms with Crippen LogP contribution in [-0.2, 0) is 6.42 Å². The third kappa shape index (κ3) is 4.17. The van der Waals surface area contributed by atoms with Gasteiger partial charge in [0.25, 0.3) is 5.56 Å². The molecule has 3 aromatic carbocycles. The van der Waals surface area contributed by atoms with Crippen molar-refractivity contribution >= 4 is 39.0 Å². The van der Waals surface area contributed by atoms with E-state index in [4.69, 9.17) is 14.2 Å². The molecule has 34 heavy (non-hydrogen) atoms. The Hall–Kier alpha value is -3.98. The molecule has 0 bridgehead atoms. The van der Waals surface area contributed by atoms with Crippen LogP contribution in [0.1, 0.15) is 28.7 Å². The van der Waals surface area contributed by atoms with E-state index in [-0.39, 0.29) is 18.1 Å². The number of nitrogens with zero attached hydrogens (tertiary/aromatic N) is 3. The van der Waals surface area contributed by atoms with Crippen molar-refractivity contribution in [2.24, 2.45) is 5.10 Å². The molecule has 0 saturated carbocycles. The first-order valence-electron chi connectivity index (χ1n) is 10.5. The van der Waals surface area contributed by atoms with Gasteiger partial charge in [-0.1, -0.05) is 35.0 Å². The fraction of sp³-hybridized carbons (Fsp3) is 0.120. The lowest BCUT2D eigenvalue weighted by Gasteiger charge is -2.10. The fourth-order valence-corrected chi connectivity index (χ4v) is 3.91. The molecular weight excluding hydrogens is 502 g/mol. The zero-order valence-corrected chi connectivity index (χ0v) is 19.6. The number of fused-ring (bicyclic) bond motifs is 2. The van der Waals surface area contributed by atoms with E-state index in [1.54, 1.807) is 54.6 Å². The van der Waals surface area contributed by atoms with Gasteiger partial charge in [0.1, 0.15) is 11.6 Å². The Labute approximate surface area is 202 Å². The number of aromatic nitrogens is 2. The highest BCUT2D eigenvalue weighted by Crippen LogP contribution is 2.33. The molecule has 0 aliphatic carbocycles. The monoisotopic (exact) mass is 519 g/mol. The highest BCUT2D eigenvalue weighted by Gasteiger charge is 2.18. The number of benzene rings is 3. The summed E-state index contributed by atoms with van der Waals surface area (Å²) in [6.45, 7) is 2.02. The molecule has 1 aliphatic rings. The number of halogens is 1. The molecule has 5 rings (SSSR count). The first kappa shape index (κ1) is 21.8. The molecule has 0 N–H and O–H groups in total. The second kappa shape index (κ2) is 9.11. The van der Waals surface area contributed by atoms with E-state index >= 15 is 0 Å². The van der Waals surface area contributed by atoms with Gasteiger partial charge in [-0.2, -0.15) is 9.78 Å². The molecule has 0 fully saturated rings. The predicted octanol–water partition coefficient (Wildman–Crippen LogP) is 4.55. The van der Waals surface area contributed by atoms with Crippen LogP contribution in [0.2, 0.25) is 0 Å². The number of carbonyl (C=O) groups is 1. The van der Waals surface area contributed by atoms with E-state index in [1.165, 1.54) is 10.9 Å². The second-order valence-corrected chi connectivity index (χ2v) is 8.32. The zero-order valence-electron chi connectivity index (χ0n) is 18.0. The van der Waals surface area contributed by atoms with Crippen molar-refractivity contribution in [3.8, 4) is 17.2 Å². The van der Waals surface area contributed by atoms with Crippen LogP contribution in [0.3, 0.4) is 0 Å². The lowest BCUT2D eigenvalue weighted by atomic mass is 10.2. The Balaban J connectivity index is 1.49. The quantitative estimate of drug-likeness (QED) is 0.218. The number of ether oxygens (including phenoxy) is 3. The molecule has 1 aromatic heterocycles. The van der Waals surface area contributed by atoms with E-state index in [1.807, 2.05) is 13.0 Å². The zero-order chi connectivity index (χ0) is 23.7. The van der Waals surface area contributed by atoms with Crippen molar-refractivity contribution in [3.05, 3.63) is 92.4 Å². The molecule has 8 nitrogen and oxygen atoms in total. The molecule has 0 unspecified atom stereocenters. The molecule has 0 saturated heterocycles. The molecule has 170 valence electrons. The van der Waals surface area contributed by atoms with Gasteiger partial charge < -0.3 is 14.2 Å². The average Bonchev–Trinajstić information content (AvgIpc) is 3.32. The van der Waals surface area contributed by atoms with Gasteiger partial charge in [-0.3, -0.25) is 4.79 Å².